The van der Waals surface area contributed by atoms with Crippen LogP contribution in [-0.4, -0.2) is 65.0 Å². The average molecular weight is 329 g/mol. The summed E-state index contributed by atoms with van der Waals surface area (Å²) in [5, 5.41) is 7.23. The number of hydrogen-bond donors (Lipinski definition) is 1. The van der Waals surface area contributed by atoms with Crippen LogP contribution in [0.4, 0.5) is 0 Å². The lowest BCUT2D eigenvalue weighted by Gasteiger charge is -2.30. The number of carbonyl (C=O) groups is 1. The lowest BCUT2D eigenvalue weighted by atomic mass is 10.2. The lowest BCUT2D eigenvalue weighted by molar-refractivity contribution is -0.0226. The van der Waals surface area contributed by atoms with Crippen molar-refractivity contribution in [3.63, 3.8) is 0 Å². The molecule has 3 rings (SSSR count). The molecule has 7 heteroatoms. The Morgan fingerprint density at radius 3 is 3.08 bits per heavy atom. The summed E-state index contributed by atoms with van der Waals surface area (Å²) in [6, 6.07) is 5.60. The van der Waals surface area contributed by atoms with Gasteiger partial charge in [-0.3, -0.25) is 4.79 Å². The molecule has 1 saturated heterocycles. The van der Waals surface area contributed by atoms with E-state index in [0.29, 0.717) is 17.9 Å². The summed E-state index contributed by atoms with van der Waals surface area (Å²) < 4.78 is 7.38. The molecule has 0 bridgehead atoms. The molecule has 1 aliphatic heterocycles. The van der Waals surface area contributed by atoms with Gasteiger partial charge in [-0.05, 0) is 32.5 Å². The first-order valence-corrected chi connectivity index (χ1v) is 8.19. The van der Waals surface area contributed by atoms with E-state index in [-0.39, 0.29) is 12.0 Å². The fourth-order valence-corrected chi connectivity index (χ4v) is 2.83. The normalized spacial score (nSPS) is 18.5. The molecule has 0 saturated carbocycles. The van der Waals surface area contributed by atoms with Gasteiger partial charge in [0.05, 0.1) is 30.2 Å². The molecule has 7 nitrogen and oxygen atoms in total. The van der Waals surface area contributed by atoms with E-state index < -0.39 is 0 Å². The SMILES string of the molecule is Cc1c(C(=O)NCCC2CN(C)CCO2)cnn1-c1ccccn1. The van der Waals surface area contributed by atoms with Crippen molar-refractivity contribution in [3.05, 3.63) is 41.9 Å². The van der Waals surface area contributed by atoms with Crippen molar-refractivity contribution in [2.45, 2.75) is 19.4 Å². The highest BCUT2D eigenvalue weighted by Crippen LogP contribution is 2.12. The van der Waals surface area contributed by atoms with E-state index in [4.69, 9.17) is 4.74 Å². The number of aromatic nitrogens is 3. The fraction of sp³-hybridized carbons (Fsp3) is 0.471. The number of nitrogens with zero attached hydrogens (tertiary/aromatic N) is 4. The van der Waals surface area contributed by atoms with Gasteiger partial charge in [0.2, 0.25) is 0 Å². The summed E-state index contributed by atoms with van der Waals surface area (Å²) in [6.45, 7) is 5.09. The maximum Gasteiger partial charge on any atom is 0.254 e. The average Bonchev–Trinajstić information content (AvgIpc) is 2.97. The van der Waals surface area contributed by atoms with Gasteiger partial charge in [-0.2, -0.15) is 5.10 Å². The molecule has 3 heterocycles. The molecule has 1 atom stereocenters. The zero-order valence-corrected chi connectivity index (χ0v) is 14.1. The third kappa shape index (κ3) is 3.80. The molecular weight excluding hydrogens is 306 g/mol. The highest BCUT2D eigenvalue weighted by Gasteiger charge is 2.19. The minimum Gasteiger partial charge on any atom is -0.375 e. The number of ether oxygens (including phenoxy) is 1. The van der Waals surface area contributed by atoms with Gasteiger partial charge in [0, 0.05) is 25.8 Å². The number of likely N-dealkylation sites (N-methyl/N-ethyl adjacent to an activating group) is 1. The highest BCUT2D eigenvalue weighted by atomic mass is 16.5. The molecule has 1 N–H and O–H groups in total. The maximum atomic E-state index is 12.4. The molecule has 128 valence electrons. The second-order valence-corrected chi connectivity index (χ2v) is 6.04. The minimum absolute atomic E-state index is 0.112. The van der Waals surface area contributed by atoms with Crippen molar-refractivity contribution in [1.82, 2.24) is 25.0 Å². The summed E-state index contributed by atoms with van der Waals surface area (Å²) in [5.74, 6) is 0.589. The molecule has 0 aliphatic carbocycles. The van der Waals surface area contributed by atoms with Crippen molar-refractivity contribution in [1.29, 1.82) is 0 Å². The van der Waals surface area contributed by atoms with Crippen LogP contribution < -0.4 is 5.32 Å². The molecule has 1 unspecified atom stereocenters. The van der Waals surface area contributed by atoms with Gasteiger partial charge in [-0.25, -0.2) is 9.67 Å². The summed E-state index contributed by atoms with van der Waals surface area (Å²) in [4.78, 5) is 18.9. The molecule has 2 aromatic heterocycles. The van der Waals surface area contributed by atoms with Crippen molar-refractivity contribution in [2.24, 2.45) is 0 Å². The van der Waals surface area contributed by atoms with Gasteiger partial charge in [0.25, 0.3) is 5.91 Å². The first-order chi connectivity index (χ1) is 11.6. The van der Waals surface area contributed by atoms with Gasteiger partial charge in [-0.1, -0.05) is 6.07 Å². The highest BCUT2D eigenvalue weighted by molar-refractivity contribution is 5.95. The lowest BCUT2D eigenvalue weighted by Crippen LogP contribution is -2.41. The van der Waals surface area contributed by atoms with Crippen LogP contribution in [0.15, 0.2) is 30.6 Å². The van der Waals surface area contributed by atoms with Gasteiger partial charge in [0.1, 0.15) is 0 Å². The van der Waals surface area contributed by atoms with Gasteiger partial charge >= 0.3 is 0 Å². The van der Waals surface area contributed by atoms with E-state index in [0.717, 1.165) is 31.8 Å². The first-order valence-electron chi connectivity index (χ1n) is 8.19. The van der Waals surface area contributed by atoms with Crippen LogP contribution in [0.25, 0.3) is 5.82 Å². The Hall–Kier alpha value is -2.25. The molecule has 24 heavy (non-hydrogen) atoms. The number of carbonyl (C=O) groups excluding carboxylic acids is 1. The fourth-order valence-electron chi connectivity index (χ4n) is 2.83. The van der Waals surface area contributed by atoms with E-state index in [1.54, 1.807) is 17.1 Å². The molecule has 0 radical (unpaired) electrons. The van der Waals surface area contributed by atoms with Crippen LogP contribution in [0.3, 0.4) is 0 Å². The van der Waals surface area contributed by atoms with Crippen LogP contribution in [0.5, 0.6) is 0 Å². The molecular formula is C17H23N5O2. The third-order valence-corrected chi connectivity index (χ3v) is 4.21. The molecule has 1 aliphatic rings. The zero-order valence-electron chi connectivity index (χ0n) is 14.1. The second kappa shape index (κ2) is 7.55. The minimum atomic E-state index is -0.112. The monoisotopic (exact) mass is 329 g/mol. The Morgan fingerprint density at radius 2 is 2.33 bits per heavy atom. The van der Waals surface area contributed by atoms with Crippen molar-refractivity contribution in [2.75, 3.05) is 33.3 Å². The van der Waals surface area contributed by atoms with Gasteiger partial charge in [-0.15, -0.1) is 0 Å². The summed E-state index contributed by atoms with van der Waals surface area (Å²) in [5.41, 5.74) is 1.35. The quantitative estimate of drug-likeness (QED) is 0.887. The smallest absolute Gasteiger partial charge is 0.254 e. The number of amides is 1. The van der Waals surface area contributed by atoms with Crippen LogP contribution in [-0.2, 0) is 4.74 Å². The number of rotatable bonds is 5. The third-order valence-electron chi connectivity index (χ3n) is 4.21. The predicted octanol–water partition coefficient (Wildman–Crippen LogP) is 1.03. The number of hydrogen-bond acceptors (Lipinski definition) is 5. The predicted molar refractivity (Wildman–Crippen MR) is 90.3 cm³/mol. The Balaban J connectivity index is 1.57. The molecule has 0 spiro atoms. The summed E-state index contributed by atoms with van der Waals surface area (Å²) >= 11 is 0. The summed E-state index contributed by atoms with van der Waals surface area (Å²) in [6.07, 6.45) is 4.28. The van der Waals surface area contributed by atoms with Crippen molar-refractivity contribution in [3.8, 4) is 5.82 Å². The topological polar surface area (TPSA) is 72.3 Å². The van der Waals surface area contributed by atoms with E-state index >= 15 is 0 Å². The zero-order chi connectivity index (χ0) is 16.9. The molecule has 2 aromatic rings. The van der Waals surface area contributed by atoms with Crippen LogP contribution in [0.2, 0.25) is 0 Å². The van der Waals surface area contributed by atoms with Crippen molar-refractivity contribution >= 4 is 5.91 Å². The Kier molecular flexibility index (Phi) is 5.22. The second-order valence-electron chi connectivity index (χ2n) is 6.04. The van der Waals surface area contributed by atoms with Gasteiger partial charge < -0.3 is 15.0 Å². The summed E-state index contributed by atoms with van der Waals surface area (Å²) in [7, 11) is 2.09. The van der Waals surface area contributed by atoms with Crippen LogP contribution in [0, 0.1) is 6.92 Å². The van der Waals surface area contributed by atoms with E-state index in [2.05, 4.69) is 27.3 Å². The Bertz CT molecular complexity index is 686. The molecule has 1 fully saturated rings. The van der Waals surface area contributed by atoms with E-state index in [9.17, 15) is 4.79 Å². The van der Waals surface area contributed by atoms with Crippen molar-refractivity contribution < 1.29 is 9.53 Å². The largest absolute Gasteiger partial charge is 0.375 e. The number of nitrogens with one attached hydrogen (secondary N) is 1. The van der Waals surface area contributed by atoms with Gasteiger partial charge in [0.15, 0.2) is 5.82 Å². The molecule has 0 aromatic carbocycles. The first kappa shape index (κ1) is 16.6. The van der Waals surface area contributed by atoms with Crippen LogP contribution in [0.1, 0.15) is 22.5 Å². The Morgan fingerprint density at radius 1 is 1.46 bits per heavy atom. The Labute approximate surface area is 141 Å². The molecule has 1 amide bonds. The van der Waals surface area contributed by atoms with E-state index in [1.807, 2.05) is 25.1 Å². The van der Waals surface area contributed by atoms with Crippen LogP contribution >= 0.6 is 0 Å². The van der Waals surface area contributed by atoms with E-state index in [1.165, 1.54) is 0 Å². The number of pyridine rings is 1. The maximum absolute atomic E-state index is 12.4. The number of morpholine rings is 1. The standard InChI is InChI=1S/C17H23N5O2/c1-13-15(11-20-22(13)16-5-3-4-7-18-16)17(23)19-8-6-14-12-21(2)9-10-24-14/h3-5,7,11,14H,6,8-10,12H2,1-2H3,(H,19,23).